The highest BCUT2D eigenvalue weighted by atomic mass is 19.1. The van der Waals surface area contributed by atoms with Gasteiger partial charge in [0.25, 0.3) is 0 Å². The molecule has 1 heterocycles. The van der Waals surface area contributed by atoms with Crippen molar-refractivity contribution in [2.45, 2.75) is 0 Å². The summed E-state index contributed by atoms with van der Waals surface area (Å²) in [7, 11) is 0. The van der Waals surface area contributed by atoms with Crippen LogP contribution < -0.4 is 5.32 Å². The Morgan fingerprint density at radius 3 is 2.70 bits per heavy atom. The zero-order valence-corrected chi connectivity index (χ0v) is 11.3. The van der Waals surface area contributed by atoms with Crippen LogP contribution in [-0.2, 0) is 9.53 Å². The molecule has 0 bridgehead atoms. The average molecular weight is 278 g/mol. The molecule has 1 aliphatic rings. The first-order valence-electron chi connectivity index (χ1n) is 6.75. The predicted octanol–water partition coefficient (Wildman–Crippen LogP) is 1.29. The fraction of sp³-hybridized carbons (Fsp3) is 0.400. The lowest BCUT2D eigenvalue weighted by Gasteiger charge is -2.26. The van der Waals surface area contributed by atoms with Gasteiger partial charge in [-0.3, -0.25) is 9.69 Å². The number of carbonyl (C=O) groups is 1. The summed E-state index contributed by atoms with van der Waals surface area (Å²) < 4.78 is 18.0. The second-order valence-electron chi connectivity index (χ2n) is 4.63. The van der Waals surface area contributed by atoms with E-state index in [1.165, 1.54) is 18.2 Å². The third-order valence-electron chi connectivity index (χ3n) is 3.13. The summed E-state index contributed by atoms with van der Waals surface area (Å²) in [5, 5.41) is 2.83. The van der Waals surface area contributed by atoms with E-state index in [0.29, 0.717) is 6.54 Å². The fourth-order valence-corrected chi connectivity index (χ4v) is 1.97. The second kappa shape index (κ2) is 7.77. The third-order valence-corrected chi connectivity index (χ3v) is 3.13. The van der Waals surface area contributed by atoms with Crippen molar-refractivity contribution in [3.8, 4) is 0 Å². The molecule has 0 spiro atoms. The van der Waals surface area contributed by atoms with Crippen molar-refractivity contribution in [1.29, 1.82) is 0 Å². The molecule has 1 aromatic rings. The second-order valence-corrected chi connectivity index (χ2v) is 4.63. The van der Waals surface area contributed by atoms with E-state index >= 15 is 0 Å². The molecule has 4 nitrogen and oxygen atoms in total. The molecule has 1 amide bonds. The summed E-state index contributed by atoms with van der Waals surface area (Å²) in [5.41, 5.74) is 0.801. The zero-order valence-electron chi connectivity index (χ0n) is 11.3. The summed E-state index contributed by atoms with van der Waals surface area (Å²) >= 11 is 0. The van der Waals surface area contributed by atoms with Crippen LogP contribution in [-0.4, -0.2) is 50.2 Å². The number of rotatable bonds is 5. The van der Waals surface area contributed by atoms with Gasteiger partial charge < -0.3 is 10.1 Å². The van der Waals surface area contributed by atoms with E-state index in [1.807, 2.05) is 0 Å². The molecule has 0 radical (unpaired) electrons. The highest BCUT2D eigenvalue weighted by Gasteiger charge is 2.09. The number of hydrogen-bond acceptors (Lipinski definition) is 3. The SMILES string of the molecule is O=C(/C=C/c1ccc(F)cc1)NCCN1CCOCC1. The molecule has 1 aliphatic heterocycles. The van der Waals surface area contributed by atoms with Gasteiger partial charge in [-0.1, -0.05) is 12.1 Å². The Kier molecular flexibility index (Phi) is 5.70. The van der Waals surface area contributed by atoms with E-state index in [-0.39, 0.29) is 11.7 Å². The molecule has 108 valence electrons. The monoisotopic (exact) mass is 278 g/mol. The van der Waals surface area contributed by atoms with Crippen molar-refractivity contribution in [2.75, 3.05) is 39.4 Å². The summed E-state index contributed by atoms with van der Waals surface area (Å²) in [5.74, 6) is -0.417. The minimum atomic E-state index is -0.280. The number of nitrogens with one attached hydrogen (secondary N) is 1. The first-order valence-corrected chi connectivity index (χ1v) is 6.75. The van der Waals surface area contributed by atoms with E-state index in [2.05, 4.69) is 10.2 Å². The first-order chi connectivity index (χ1) is 9.74. The minimum Gasteiger partial charge on any atom is -0.379 e. The number of carbonyl (C=O) groups excluding carboxylic acids is 1. The standard InChI is InChI=1S/C15H19FN2O2/c16-14-4-1-13(2-5-14)3-6-15(19)17-7-8-18-9-11-20-12-10-18/h1-6H,7-12H2,(H,17,19)/b6-3+. The molecular formula is C15H19FN2O2. The normalized spacial score (nSPS) is 16.4. The quantitative estimate of drug-likeness (QED) is 0.825. The van der Waals surface area contributed by atoms with E-state index in [1.54, 1.807) is 18.2 Å². The molecule has 0 saturated carbocycles. The van der Waals surface area contributed by atoms with Crippen molar-refractivity contribution < 1.29 is 13.9 Å². The lowest BCUT2D eigenvalue weighted by Crippen LogP contribution is -2.41. The van der Waals surface area contributed by atoms with E-state index in [0.717, 1.165) is 38.4 Å². The predicted molar refractivity (Wildman–Crippen MR) is 75.7 cm³/mol. The number of hydrogen-bond donors (Lipinski definition) is 1. The van der Waals surface area contributed by atoms with E-state index in [4.69, 9.17) is 4.74 Å². The van der Waals surface area contributed by atoms with Crippen LogP contribution in [0.15, 0.2) is 30.3 Å². The molecule has 0 unspecified atom stereocenters. The first kappa shape index (κ1) is 14.7. The van der Waals surface area contributed by atoms with Crippen molar-refractivity contribution in [1.82, 2.24) is 10.2 Å². The molecule has 1 saturated heterocycles. The topological polar surface area (TPSA) is 41.6 Å². The van der Waals surface area contributed by atoms with Gasteiger partial charge in [0, 0.05) is 32.3 Å². The number of halogens is 1. The Morgan fingerprint density at radius 1 is 1.30 bits per heavy atom. The lowest BCUT2D eigenvalue weighted by atomic mass is 10.2. The molecular weight excluding hydrogens is 259 g/mol. The fourth-order valence-electron chi connectivity index (χ4n) is 1.97. The number of ether oxygens (including phenoxy) is 1. The van der Waals surface area contributed by atoms with Crippen LogP contribution in [0.4, 0.5) is 4.39 Å². The van der Waals surface area contributed by atoms with Gasteiger partial charge in [0.2, 0.25) is 5.91 Å². The maximum atomic E-state index is 12.7. The Morgan fingerprint density at radius 2 is 2.00 bits per heavy atom. The summed E-state index contributed by atoms with van der Waals surface area (Å²) in [6, 6.07) is 6.01. The van der Waals surface area contributed by atoms with Gasteiger partial charge in [-0.25, -0.2) is 4.39 Å². The van der Waals surface area contributed by atoms with E-state index < -0.39 is 0 Å². The third kappa shape index (κ3) is 5.11. The number of amides is 1. The largest absolute Gasteiger partial charge is 0.379 e. The van der Waals surface area contributed by atoms with E-state index in [9.17, 15) is 9.18 Å². The minimum absolute atomic E-state index is 0.136. The van der Waals surface area contributed by atoms with Gasteiger partial charge in [0.15, 0.2) is 0 Å². The van der Waals surface area contributed by atoms with Crippen LogP contribution in [0.3, 0.4) is 0 Å². The van der Waals surface area contributed by atoms with Crippen LogP contribution in [0.1, 0.15) is 5.56 Å². The van der Waals surface area contributed by atoms with Crippen LogP contribution in [0.25, 0.3) is 6.08 Å². The van der Waals surface area contributed by atoms with Crippen molar-refractivity contribution in [2.24, 2.45) is 0 Å². The smallest absolute Gasteiger partial charge is 0.244 e. The number of nitrogens with zero attached hydrogens (tertiary/aromatic N) is 1. The lowest BCUT2D eigenvalue weighted by molar-refractivity contribution is -0.116. The molecule has 0 aliphatic carbocycles. The molecule has 5 heteroatoms. The highest BCUT2D eigenvalue weighted by molar-refractivity contribution is 5.91. The van der Waals surface area contributed by atoms with Crippen LogP contribution in [0, 0.1) is 5.82 Å². The van der Waals surface area contributed by atoms with Gasteiger partial charge >= 0.3 is 0 Å². The molecule has 0 atom stereocenters. The summed E-state index contributed by atoms with van der Waals surface area (Å²) in [6.07, 6.45) is 3.13. The molecule has 1 aromatic carbocycles. The van der Waals surface area contributed by atoms with Crippen LogP contribution >= 0.6 is 0 Å². The van der Waals surface area contributed by atoms with Crippen molar-refractivity contribution >= 4 is 12.0 Å². The van der Waals surface area contributed by atoms with Crippen molar-refractivity contribution in [3.63, 3.8) is 0 Å². The summed E-state index contributed by atoms with van der Waals surface area (Å²) in [4.78, 5) is 13.9. The Labute approximate surface area is 118 Å². The molecule has 1 N–H and O–H groups in total. The molecule has 1 fully saturated rings. The molecule has 2 rings (SSSR count). The highest BCUT2D eigenvalue weighted by Crippen LogP contribution is 2.04. The Hall–Kier alpha value is -1.72. The van der Waals surface area contributed by atoms with Gasteiger partial charge in [-0.15, -0.1) is 0 Å². The Balaban J connectivity index is 1.68. The van der Waals surface area contributed by atoms with Crippen molar-refractivity contribution in [3.05, 3.63) is 41.7 Å². The number of benzene rings is 1. The average Bonchev–Trinajstić information content (AvgIpc) is 2.48. The van der Waals surface area contributed by atoms with Gasteiger partial charge in [0.05, 0.1) is 13.2 Å². The maximum Gasteiger partial charge on any atom is 0.244 e. The van der Waals surface area contributed by atoms with Crippen LogP contribution in [0.2, 0.25) is 0 Å². The summed E-state index contributed by atoms with van der Waals surface area (Å²) in [6.45, 7) is 4.81. The van der Waals surface area contributed by atoms with Gasteiger partial charge in [0.1, 0.15) is 5.82 Å². The van der Waals surface area contributed by atoms with Gasteiger partial charge in [-0.05, 0) is 23.8 Å². The van der Waals surface area contributed by atoms with Crippen LogP contribution in [0.5, 0.6) is 0 Å². The Bertz CT molecular complexity index is 453. The van der Waals surface area contributed by atoms with Gasteiger partial charge in [-0.2, -0.15) is 0 Å². The zero-order chi connectivity index (χ0) is 14.2. The molecule has 0 aromatic heterocycles. The number of morpholine rings is 1. The maximum absolute atomic E-state index is 12.7. The molecule has 20 heavy (non-hydrogen) atoms.